The molecule has 0 aliphatic carbocycles. The smallest absolute Gasteiger partial charge is 0.360 e. The highest BCUT2D eigenvalue weighted by molar-refractivity contribution is 7.46. The number of nitrogens with zero attached hydrogens (tertiary/aromatic N) is 3. The Kier molecular flexibility index (Phi) is 14.6. The van der Waals surface area contributed by atoms with Crippen LogP contribution in [0.4, 0.5) is 0 Å². The van der Waals surface area contributed by atoms with Gasteiger partial charge in [-0.2, -0.15) is 0 Å². The van der Waals surface area contributed by atoms with E-state index >= 15 is 0 Å². The zero-order chi connectivity index (χ0) is 23.3. The molecule has 0 saturated carbocycles. The molecule has 0 spiro atoms. The van der Waals surface area contributed by atoms with Crippen molar-refractivity contribution in [2.24, 2.45) is 10.7 Å². The Morgan fingerprint density at radius 3 is 1.53 bits per heavy atom. The second-order valence-electron chi connectivity index (χ2n) is 5.66. The van der Waals surface area contributed by atoms with Crippen LogP contribution in [-0.2, 0) is 27.3 Å². The first-order valence-corrected chi connectivity index (χ1v) is 13.1. The molecule has 0 saturated heterocycles. The van der Waals surface area contributed by atoms with Crippen molar-refractivity contribution in [1.82, 2.24) is 9.80 Å². The van der Waals surface area contributed by atoms with Crippen molar-refractivity contribution in [2.45, 2.75) is 0 Å². The maximum Gasteiger partial charge on any atom is 0.469 e. The minimum absolute atomic E-state index is 0.0971. The summed E-state index contributed by atoms with van der Waals surface area (Å²) in [5.41, 5.74) is 5.30. The molecule has 1 heterocycles. The summed E-state index contributed by atoms with van der Waals surface area (Å²) in [6.45, 7) is 2.12. The first-order chi connectivity index (χ1) is 13.7. The average Bonchev–Trinajstić information content (AvgIpc) is 3.05. The van der Waals surface area contributed by atoms with E-state index in [4.69, 9.17) is 35.1 Å². The van der Waals surface area contributed by atoms with E-state index in [0.717, 1.165) is 26.2 Å². The van der Waals surface area contributed by atoms with Crippen LogP contribution in [0.5, 0.6) is 0 Å². The molecule has 0 atom stereocenters. The van der Waals surface area contributed by atoms with Crippen LogP contribution in [0, 0.1) is 0 Å². The van der Waals surface area contributed by atoms with Gasteiger partial charge >= 0.3 is 23.5 Å². The van der Waals surface area contributed by atoms with Gasteiger partial charge < -0.3 is 40.0 Å². The van der Waals surface area contributed by atoms with Crippen LogP contribution >= 0.6 is 23.5 Å². The van der Waals surface area contributed by atoms with Gasteiger partial charge in [-0.15, -0.1) is 0 Å². The van der Waals surface area contributed by atoms with Gasteiger partial charge in [0.15, 0.2) is 0 Å². The molecular formula is C11H29N4O12P3. The first kappa shape index (κ1) is 29.7. The fourth-order valence-electron chi connectivity index (χ4n) is 1.95. The second kappa shape index (κ2) is 14.7. The standard InChI is InChI=1S/C6H18NO12P3.C5H11N3/c8-20(9,10)17-4-1-7(2-5-18-21(11,12)13)3-6-19-22(14,15)16;6-1-3-8-4-2-7-5-8/h1-6H2,(H2,8,9,10)(H2,11,12,13)(H2,14,15,16);5H,1-4,6H2. The van der Waals surface area contributed by atoms with Crippen molar-refractivity contribution < 1.29 is 56.6 Å². The van der Waals surface area contributed by atoms with E-state index < -0.39 is 43.3 Å². The molecule has 1 aliphatic heterocycles. The molecule has 0 amide bonds. The first-order valence-electron chi connectivity index (χ1n) is 8.48. The Bertz CT molecular complexity index is 568. The van der Waals surface area contributed by atoms with Crippen molar-refractivity contribution in [3.05, 3.63) is 0 Å². The van der Waals surface area contributed by atoms with Crippen LogP contribution in [0.2, 0.25) is 0 Å². The zero-order valence-electron chi connectivity index (χ0n) is 16.0. The molecule has 1 rings (SSSR count). The highest BCUT2D eigenvalue weighted by atomic mass is 31.2. The third kappa shape index (κ3) is 21.0. The number of phosphoric ester groups is 3. The normalized spacial score (nSPS) is 14.9. The van der Waals surface area contributed by atoms with Crippen LogP contribution in [0.25, 0.3) is 0 Å². The van der Waals surface area contributed by atoms with E-state index in [9.17, 15) is 13.7 Å². The summed E-state index contributed by atoms with van der Waals surface area (Å²) in [5, 5.41) is 0. The predicted octanol–water partition coefficient (Wildman–Crippen LogP) is -2.09. The minimum Gasteiger partial charge on any atom is -0.360 e. The molecule has 19 heteroatoms. The highest BCUT2D eigenvalue weighted by Gasteiger charge is 2.18. The maximum atomic E-state index is 10.5. The fourth-order valence-corrected chi connectivity index (χ4v) is 2.91. The number of nitrogens with two attached hydrogens (primary N) is 1. The molecule has 1 aliphatic rings. The Labute approximate surface area is 173 Å². The van der Waals surface area contributed by atoms with Gasteiger partial charge in [-0.1, -0.05) is 0 Å². The summed E-state index contributed by atoms with van der Waals surface area (Å²) >= 11 is 0. The Morgan fingerprint density at radius 2 is 1.27 bits per heavy atom. The third-order valence-electron chi connectivity index (χ3n) is 3.18. The van der Waals surface area contributed by atoms with Crippen molar-refractivity contribution >= 4 is 29.8 Å². The molecular weight excluding hydrogens is 473 g/mol. The maximum absolute atomic E-state index is 10.5. The monoisotopic (exact) mass is 502 g/mol. The van der Waals surface area contributed by atoms with Crippen LogP contribution in [0.3, 0.4) is 0 Å². The number of hydrogen-bond acceptors (Lipinski definition) is 10. The van der Waals surface area contributed by atoms with Gasteiger partial charge in [0.1, 0.15) is 0 Å². The van der Waals surface area contributed by atoms with E-state index in [-0.39, 0.29) is 19.6 Å². The predicted molar refractivity (Wildman–Crippen MR) is 104 cm³/mol. The summed E-state index contributed by atoms with van der Waals surface area (Å²) < 4.78 is 44.1. The van der Waals surface area contributed by atoms with Crippen molar-refractivity contribution in [3.8, 4) is 0 Å². The van der Waals surface area contributed by atoms with Gasteiger partial charge in [0.2, 0.25) is 0 Å². The lowest BCUT2D eigenvalue weighted by Crippen LogP contribution is -2.33. The second-order valence-corrected chi connectivity index (χ2v) is 9.38. The summed E-state index contributed by atoms with van der Waals surface area (Å²) in [6.07, 6.45) is 1.87. The Hall–Kier alpha value is -0.280. The van der Waals surface area contributed by atoms with E-state index in [2.05, 4.69) is 23.5 Å². The molecule has 16 nitrogen and oxygen atoms in total. The lowest BCUT2D eigenvalue weighted by molar-refractivity contribution is 0.116. The van der Waals surface area contributed by atoms with Crippen molar-refractivity contribution in [2.75, 3.05) is 65.6 Å². The van der Waals surface area contributed by atoms with Gasteiger partial charge in [-0.05, 0) is 0 Å². The van der Waals surface area contributed by atoms with E-state index in [1.807, 2.05) is 6.34 Å². The Morgan fingerprint density at radius 1 is 0.867 bits per heavy atom. The molecule has 180 valence electrons. The largest absolute Gasteiger partial charge is 0.469 e. The summed E-state index contributed by atoms with van der Waals surface area (Å²) in [6, 6.07) is 0. The zero-order valence-corrected chi connectivity index (χ0v) is 18.7. The molecule has 0 aromatic carbocycles. The van der Waals surface area contributed by atoms with Crippen LogP contribution in [-0.4, -0.2) is 111 Å². The van der Waals surface area contributed by atoms with Gasteiger partial charge in [0.05, 0.1) is 32.7 Å². The van der Waals surface area contributed by atoms with E-state index in [0.29, 0.717) is 0 Å². The number of aliphatic imine (C=N–C) groups is 1. The van der Waals surface area contributed by atoms with Gasteiger partial charge in [0.25, 0.3) is 0 Å². The molecule has 0 unspecified atom stereocenters. The van der Waals surface area contributed by atoms with E-state index in [1.54, 1.807) is 0 Å². The number of hydrogen-bond donors (Lipinski definition) is 7. The fraction of sp³-hybridized carbons (Fsp3) is 0.909. The van der Waals surface area contributed by atoms with Crippen molar-refractivity contribution in [1.29, 1.82) is 0 Å². The van der Waals surface area contributed by atoms with Gasteiger partial charge in [0, 0.05) is 39.3 Å². The minimum atomic E-state index is -4.67. The molecule has 0 fully saturated rings. The molecule has 0 bridgehead atoms. The summed E-state index contributed by atoms with van der Waals surface area (Å²) in [4.78, 5) is 58.5. The lowest BCUT2D eigenvalue weighted by Gasteiger charge is -2.22. The molecule has 0 aromatic rings. The molecule has 30 heavy (non-hydrogen) atoms. The highest BCUT2D eigenvalue weighted by Crippen LogP contribution is 2.37. The molecule has 0 aromatic heterocycles. The van der Waals surface area contributed by atoms with Crippen LogP contribution in [0.1, 0.15) is 0 Å². The molecule has 0 radical (unpaired) electrons. The number of rotatable bonds is 14. The quantitative estimate of drug-likeness (QED) is 0.126. The average molecular weight is 502 g/mol. The van der Waals surface area contributed by atoms with Crippen LogP contribution < -0.4 is 5.73 Å². The summed E-state index contributed by atoms with van der Waals surface area (Å²) in [5.74, 6) is 0. The topological polar surface area (TPSA) is 245 Å². The van der Waals surface area contributed by atoms with Crippen molar-refractivity contribution in [3.63, 3.8) is 0 Å². The third-order valence-corrected chi connectivity index (χ3v) is 4.74. The molecule has 8 N–H and O–H groups in total. The van der Waals surface area contributed by atoms with Crippen LogP contribution in [0.15, 0.2) is 4.99 Å². The lowest BCUT2D eigenvalue weighted by atomic mass is 10.4. The van der Waals surface area contributed by atoms with Gasteiger partial charge in [-0.3, -0.25) is 23.5 Å². The SMILES string of the molecule is NCCN1C=NCC1.O=P(O)(O)OCCN(CCOP(=O)(O)O)CCOP(=O)(O)O. The van der Waals surface area contributed by atoms with Gasteiger partial charge in [-0.25, -0.2) is 13.7 Å². The van der Waals surface area contributed by atoms with E-state index in [1.165, 1.54) is 4.90 Å². The number of phosphoric acid groups is 3. The summed E-state index contributed by atoms with van der Waals surface area (Å²) in [7, 11) is -14.0. The Balaban J connectivity index is 0.000000867.